The van der Waals surface area contributed by atoms with Gasteiger partial charge in [0.1, 0.15) is 11.5 Å². The van der Waals surface area contributed by atoms with Crippen molar-refractivity contribution in [2.75, 3.05) is 0 Å². The molecule has 0 unspecified atom stereocenters. The monoisotopic (exact) mass is 364 g/mol. The summed E-state index contributed by atoms with van der Waals surface area (Å²) in [4.78, 5) is 23.6. The predicted molar refractivity (Wildman–Crippen MR) is 86.3 cm³/mol. The number of alkyl halides is 3. The van der Waals surface area contributed by atoms with Crippen molar-refractivity contribution in [1.82, 2.24) is 10.9 Å². The number of ether oxygens (including phenoxy) is 1. The molecule has 0 bridgehead atoms. The second-order valence-corrected chi connectivity index (χ2v) is 5.87. The van der Waals surface area contributed by atoms with Gasteiger partial charge in [-0.2, -0.15) is 13.2 Å². The highest BCUT2D eigenvalue weighted by Gasteiger charge is 2.31. The van der Waals surface area contributed by atoms with Crippen LogP contribution in [0.2, 0.25) is 0 Å². The predicted octanol–water partition coefficient (Wildman–Crippen LogP) is 3.67. The van der Waals surface area contributed by atoms with E-state index in [-0.39, 0.29) is 28.9 Å². The van der Waals surface area contributed by atoms with Crippen LogP contribution in [0.3, 0.4) is 0 Å². The van der Waals surface area contributed by atoms with E-state index in [0.29, 0.717) is 0 Å². The molecule has 0 aliphatic heterocycles. The van der Waals surface area contributed by atoms with Crippen molar-refractivity contribution in [3.05, 3.63) is 59.7 Å². The average Bonchev–Trinajstić information content (AvgIpc) is 3.44. The molecule has 1 aliphatic rings. The van der Waals surface area contributed by atoms with Gasteiger partial charge in [0, 0.05) is 11.5 Å². The van der Waals surface area contributed by atoms with Crippen molar-refractivity contribution in [2.24, 2.45) is 5.92 Å². The summed E-state index contributed by atoms with van der Waals surface area (Å²) in [6, 6.07) is 10.4. The highest BCUT2D eigenvalue weighted by atomic mass is 19.4. The Labute approximate surface area is 147 Å². The van der Waals surface area contributed by atoms with Crippen molar-refractivity contribution in [2.45, 2.75) is 19.0 Å². The van der Waals surface area contributed by atoms with Crippen LogP contribution < -0.4 is 15.6 Å². The Morgan fingerprint density at radius 1 is 0.962 bits per heavy atom. The number of nitrogens with one attached hydrogen (secondary N) is 2. The third-order valence-corrected chi connectivity index (χ3v) is 3.74. The molecule has 5 nitrogen and oxygen atoms in total. The number of hydrogen-bond acceptors (Lipinski definition) is 3. The van der Waals surface area contributed by atoms with E-state index in [1.54, 1.807) is 0 Å². The SMILES string of the molecule is O=C(NNC(=O)C1CC1)c1cccc(Oc2cccc(C(F)(F)F)c2)c1. The highest BCUT2D eigenvalue weighted by molar-refractivity contribution is 5.96. The molecule has 0 saturated heterocycles. The van der Waals surface area contributed by atoms with Crippen LogP contribution >= 0.6 is 0 Å². The maximum atomic E-state index is 12.7. The maximum Gasteiger partial charge on any atom is 0.416 e. The smallest absolute Gasteiger partial charge is 0.416 e. The second-order valence-electron chi connectivity index (χ2n) is 5.87. The minimum atomic E-state index is -4.47. The van der Waals surface area contributed by atoms with Crippen molar-refractivity contribution in [3.63, 3.8) is 0 Å². The molecule has 1 fully saturated rings. The summed E-state index contributed by atoms with van der Waals surface area (Å²) >= 11 is 0. The molecule has 3 rings (SSSR count). The van der Waals surface area contributed by atoms with E-state index in [4.69, 9.17) is 4.74 Å². The van der Waals surface area contributed by atoms with Gasteiger partial charge in [-0.1, -0.05) is 12.1 Å². The van der Waals surface area contributed by atoms with Crippen LogP contribution in [0.5, 0.6) is 11.5 Å². The Kier molecular flexibility index (Phi) is 4.83. The lowest BCUT2D eigenvalue weighted by molar-refractivity contribution is -0.137. The normalized spacial score (nSPS) is 13.8. The summed E-state index contributed by atoms with van der Waals surface area (Å²) in [6.45, 7) is 0. The Balaban J connectivity index is 1.67. The highest BCUT2D eigenvalue weighted by Crippen LogP contribution is 2.32. The lowest BCUT2D eigenvalue weighted by Gasteiger charge is -2.11. The summed E-state index contributed by atoms with van der Waals surface area (Å²) in [5.74, 6) is -0.640. The molecule has 2 aromatic rings. The molecule has 0 radical (unpaired) electrons. The van der Waals surface area contributed by atoms with Crippen LogP contribution in [0.15, 0.2) is 48.5 Å². The van der Waals surface area contributed by atoms with Crippen LogP contribution in [0, 0.1) is 5.92 Å². The Morgan fingerprint density at radius 3 is 2.27 bits per heavy atom. The lowest BCUT2D eigenvalue weighted by atomic mass is 10.2. The van der Waals surface area contributed by atoms with E-state index in [1.165, 1.54) is 36.4 Å². The molecule has 0 heterocycles. The molecule has 136 valence electrons. The Bertz CT molecular complexity index is 832. The van der Waals surface area contributed by atoms with Crippen molar-refractivity contribution in [3.8, 4) is 11.5 Å². The van der Waals surface area contributed by atoms with Crippen molar-refractivity contribution < 1.29 is 27.5 Å². The number of hydrogen-bond donors (Lipinski definition) is 2. The van der Waals surface area contributed by atoms with Gasteiger partial charge in [-0.15, -0.1) is 0 Å². The number of amides is 2. The summed E-state index contributed by atoms with van der Waals surface area (Å²) in [5, 5.41) is 0. The molecular weight excluding hydrogens is 349 g/mol. The maximum absolute atomic E-state index is 12.7. The largest absolute Gasteiger partial charge is 0.457 e. The molecule has 2 N–H and O–H groups in total. The summed E-state index contributed by atoms with van der Waals surface area (Å²) in [6.07, 6.45) is -2.86. The molecule has 2 aromatic carbocycles. The standard InChI is InChI=1S/C18H15F3N2O3/c19-18(20,21)13-4-2-6-15(10-13)26-14-5-1-3-12(9-14)17(25)23-22-16(24)11-7-8-11/h1-6,9-11H,7-8H2,(H,22,24)(H,23,25). The average molecular weight is 364 g/mol. The first-order chi connectivity index (χ1) is 12.3. The molecule has 8 heteroatoms. The van der Waals surface area contributed by atoms with E-state index in [1.807, 2.05) is 0 Å². The fourth-order valence-corrected chi connectivity index (χ4v) is 2.21. The second kappa shape index (κ2) is 7.07. The number of benzene rings is 2. The van der Waals surface area contributed by atoms with Crippen LogP contribution in [-0.2, 0) is 11.0 Å². The van der Waals surface area contributed by atoms with Crippen molar-refractivity contribution in [1.29, 1.82) is 0 Å². The third kappa shape index (κ3) is 4.53. The number of rotatable bonds is 4. The van der Waals surface area contributed by atoms with E-state index < -0.39 is 17.6 Å². The first-order valence-electron chi connectivity index (χ1n) is 7.88. The van der Waals surface area contributed by atoms with Crippen molar-refractivity contribution >= 4 is 11.8 Å². The summed E-state index contributed by atoms with van der Waals surface area (Å²) < 4.78 is 43.6. The van der Waals surface area contributed by atoms with Gasteiger partial charge < -0.3 is 4.74 Å². The minimum absolute atomic E-state index is 0.000538. The zero-order valence-electron chi connectivity index (χ0n) is 13.5. The third-order valence-electron chi connectivity index (χ3n) is 3.74. The molecule has 0 atom stereocenters. The van der Waals surface area contributed by atoms with Gasteiger partial charge in [0.25, 0.3) is 5.91 Å². The van der Waals surface area contributed by atoms with Crippen LogP contribution in [-0.4, -0.2) is 11.8 Å². The topological polar surface area (TPSA) is 67.4 Å². The lowest BCUT2D eigenvalue weighted by Crippen LogP contribution is -2.42. The number of carbonyl (C=O) groups excluding carboxylic acids is 2. The Hall–Kier alpha value is -3.03. The van der Waals surface area contributed by atoms with E-state index in [0.717, 1.165) is 25.0 Å². The molecule has 2 amide bonds. The van der Waals surface area contributed by atoms with Gasteiger partial charge in [0.15, 0.2) is 0 Å². The molecule has 0 spiro atoms. The zero-order valence-corrected chi connectivity index (χ0v) is 13.5. The first kappa shape index (κ1) is 17.8. The van der Waals surface area contributed by atoms with Gasteiger partial charge in [-0.3, -0.25) is 20.4 Å². The molecule has 1 aliphatic carbocycles. The summed E-state index contributed by atoms with van der Waals surface area (Å²) in [7, 11) is 0. The molecular formula is C18H15F3N2O3. The fourth-order valence-electron chi connectivity index (χ4n) is 2.21. The van der Waals surface area contributed by atoms with Crippen LogP contribution in [0.4, 0.5) is 13.2 Å². The van der Waals surface area contributed by atoms with E-state index in [9.17, 15) is 22.8 Å². The zero-order chi connectivity index (χ0) is 18.7. The van der Waals surface area contributed by atoms with Crippen LogP contribution in [0.1, 0.15) is 28.8 Å². The number of halogens is 3. The number of carbonyl (C=O) groups is 2. The van der Waals surface area contributed by atoms with Gasteiger partial charge in [0.2, 0.25) is 5.91 Å². The first-order valence-corrected chi connectivity index (χ1v) is 7.88. The minimum Gasteiger partial charge on any atom is -0.457 e. The van der Waals surface area contributed by atoms with Crippen LogP contribution in [0.25, 0.3) is 0 Å². The molecule has 1 saturated carbocycles. The van der Waals surface area contributed by atoms with Gasteiger partial charge in [0.05, 0.1) is 5.56 Å². The van der Waals surface area contributed by atoms with E-state index in [2.05, 4.69) is 10.9 Å². The van der Waals surface area contributed by atoms with Gasteiger partial charge in [-0.25, -0.2) is 0 Å². The molecule has 26 heavy (non-hydrogen) atoms. The van der Waals surface area contributed by atoms with Gasteiger partial charge in [-0.05, 0) is 49.2 Å². The number of hydrazine groups is 1. The van der Waals surface area contributed by atoms with Gasteiger partial charge >= 0.3 is 6.18 Å². The fraction of sp³-hybridized carbons (Fsp3) is 0.222. The molecule has 0 aromatic heterocycles. The van der Waals surface area contributed by atoms with E-state index >= 15 is 0 Å². The Morgan fingerprint density at radius 2 is 1.62 bits per heavy atom. The quantitative estimate of drug-likeness (QED) is 0.814. The summed E-state index contributed by atoms with van der Waals surface area (Å²) in [5.41, 5.74) is 4.00.